The number of carbonyl (C=O) groups is 2. The second-order valence-corrected chi connectivity index (χ2v) is 5.45. The van der Waals surface area contributed by atoms with Crippen LogP contribution in [0.4, 0.5) is 9.93 Å². The number of ether oxygens (including phenoxy) is 1. The number of aromatic nitrogens is 1. The SMILES string of the molecule is CON=C(C(=O)O)c1csc(NC(=O)OC(C)(C)C)n1. The summed E-state index contributed by atoms with van der Waals surface area (Å²) in [5.74, 6) is -1.28. The number of carbonyl (C=O) groups excluding carboxylic acids is 1. The highest BCUT2D eigenvalue weighted by Gasteiger charge is 2.20. The second-order valence-electron chi connectivity index (χ2n) is 4.59. The Labute approximate surface area is 119 Å². The zero-order chi connectivity index (χ0) is 15.3. The smallest absolute Gasteiger partial charge is 0.413 e. The Bertz CT molecular complexity index is 532. The number of carboxylic acid groups (broad SMARTS) is 1. The number of anilines is 1. The monoisotopic (exact) mass is 301 g/mol. The number of nitrogens with zero attached hydrogens (tertiary/aromatic N) is 2. The van der Waals surface area contributed by atoms with E-state index in [1.165, 1.54) is 12.5 Å². The molecule has 0 radical (unpaired) electrons. The number of amides is 1. The summed E-state index contributed by atoms with van der Waals surface area (Å²) in [6.45, 7) is 5.19. The molecule has 1 heterocycles. The number of nitrogens with one attached hydrogen (secondary N) is 1. The summed E-state index contributed by atoms with van der Waals surface area (Å²) in [5, 5.41) is 16.4. The van der Waals surface area contributed by atoms with Gasteiger partial charge in [-0.25, -0.2) is 14.6 Å². The minimum absolute atomic E-state index is 0.0930. The van der Waals surface area contributed by atoms with E-state index in [4.69, 9.17) is 9.84 Å². The van der Waals surface area contributed by atoms with Crippen LogP contribution in [0.1, 0.15) is 26.5 Å². The fourth-order valence-corrected chi connectivity index (χ4v) is 1.80. The van der Waals surface area contributed by atoms with Gasteiger partial charge in [0.25, 0.3) is 0 Å². The zero-order valence-corrected chi connectivity index (χ0v) is 12.3. The number of aliphatic carboxylic acids is 1. The van der Waals surface area contributed by atoms with Gasteiger partial charge in [-0.15, -0.1) is 11.3 Å². The molecule has 0 saturated heterocycles. The van der Waals surface area contributed by atoms with Gasteiger partial charge in [0.1, 0.15) is 18.4 Å². The average molecular weight is 301 g/mol. The number of thiazole rings is 1. The molecule has 0 saturated carbocycles. The number of hydrogen-bond donors (Lipinski definition) is 2. The molecule has 0 unspecified atom stereocenters. The molecule has 1 aromatic heterocycles. The van der Waals surface area contributed by atoms with E-state index < -0.39 is 17.7 Å². The molecule has 1 aromatic rings. The third-order valence-corrected chi connectivity index (χ3v) is 2.50. The first-order valence-electron chi connectivity index (χ1n) is 5.53. The highest BCUT2D eigenvalue weighted by Crippen LogP contribution is 2.18. The van der Waals surface area contributed by atoms with Crippen LogP contribution in [0.3, 0.4) is 0 Å². The first-order valence-corrected chi connectivity index (χ1v) is 6.41. The van der Waals surface area contributed by atoms with Crippen LogP contribution in [0.2, 0.25) is 0 Å². The lowest BCUT2D eigenvalue weighted by Gasteiger charge is -2.18. The van der Waals surface area contributed by atoms with E-state index in [-0.39, 0.29) is 16.5 Å². The van der Waals surface area contributed by atoms with Gasteiger partial charge in [-0.05, 0) is 20.8 Å². The van der Waals surface area contributed by atoms with Crippen LogP contribution >= 0.6 is 11.3 Å². The number of carboxylic acids is 1. The van der Waals surface area contributed by atoms with E-state index in [0.717, 1.165) is 11.3 Å². The summed E-state index contributed by atoms with van der Waals surface area (Å²) < 4.78 is 5.05. The summed E-state index contributed by atoms with van der Waals surface area (Å²) in [6.07, 6.45) is -0.668. The molecule has 0 aliphatic carbocycles. The molecule has 8 nitrogen and oxygen atoms in total. The molecule has 0 fully saturated rings. The van der Waals surface area contributed by atoms with E-state index >= 15 is 0 Å². The average Bonchev–Trinajstić information content (AvgIpc) is 2.70. The Kier molecular flexibility index (Phi) is 5.03. The van der Waals surface area contributed by atoms with E-state index in [0.29, 0.717) is 0 Å². The molecule has 2 N–H and O–H groups in total. The molecular weight excluding hydrogens is 286 g/mol. The van der Waals surface area contributed by atoms with Gasteiger partial charge in [0, 0.05) is 5.38 Å². The van der Waals surface area contributed by atoms with Crippen LogP contribution in [0.5, 0.6) is 0 Å². The first kappa shape index (κ1) is 15.9. The lowest BCUT2D eigenvalue weighted by atomic mass is 10.2. The highest BCUT2D eigenvalue weighted by atomic mass is 32.1. The molecular formula is C11H15N3O5S. The minimum atomic E-state index is -1.28. The maximum atomic E-state index is 11.5. The van der Waals surface area contributed by atoms with Crippen molar-refractivity contribution in [3.63, 3.8) is 0 Å². The van der Waals surface area contributed by atoms with Crippen molar-refractivity contribution in [2.24, 2.45) is 5.16 Å². The van der Waals surface area contributed by atoms with E-state index in [1.807, 2.05) is 0 Å². The van der Waals surface area contributed by atoms with Crippen molar-refractivity contribution in [3.8, 4) is 0 Å². The zero-order valence-electron chi connectivity index (χ0n) is 11.5. The van der Waals surface area contributed by atoms with Crippen molar-refractivity contribution < 1.29 is 24.3 Å². The van der Waals surface area contributed by atoms with Gasteiger partial charge in [0.15, 0.2) is 5.13 Å². The van der Waals surface area contributed by atoms with Gasteiger partial charge >= 0.3 is 12.1 Å². The summed E-state index contributed by atoms with van der Waals surface area (Å²) in [4.78, 5) is 30.9. The predicted octanol–water partition coefficient (Wildman–Crippen LogP) is 1.93. The molecule has 1 rings (SSSR count). The summed E-state index contributed by atoms with van der Waals surface area (Å²) in [6, 6.07) is 0. The van der Waals surface area contributed by atoms with E-state index in [2.05, 4.69) is 20.3 Å². The number of hydrogen-bond acceptors (Lipinski definition) is 7. The molecule has 0 aliphatic heterocycles. The van der Waals surface area contributed by atoms with Crippen molar-refractivity contribution >= 4 is 34.2 Å². The number of rotatable bonds is 4. The van der Waals surface area contributed by atoms with Crippen molar-refractivity contribution in [1.82, 2.24) is 4.98 Å². The highest BCUT2D eigenvalue weighted by molar-refractivity contribution is 7.14. The topological polar surface area (TPSA) is 110 Å². The van der Waals surface area contributed by atoms with Crippen LogP contribution in [-0.2, 0) is 14.4 Å². The second kappa shape index (κ2) is 6.33. The van der Waals surface area contributed by atoms with Crippen molar-refractivity contribution in [3.05, 3.63) is 11.1 Å². The van der Waals surface area contributed by atoms with Crippen molar-refractivity contribution in [2.75, 3.05) is 12.4 Å². The van der Waals surface area contributed by atoms with E-state index in [1.54, 1.807) is 20.8 Å². The maximum absolute atomic E-state index is 11.5. The van der Waals surface area contributed by atoms with Crippen LogP contribution in [0.15, 0.2) is 10.5 Å². The molecule has 0 atom stereocenters. The Morgan fingerprint density at radius 2 is 2.10 bits per heavy atom. The Morgan fingerprint density at radius 3 is 2.60 bits per heavy atom. The Balaban J connectivity index is 2.80. The fourth-order valence-electron chi connectivity index (χ4n) is 1.12. The van der Waals surface area contributed by atoms with Gasteiger partial charge in [0.05, 0.1) is 0 Å². The van der Waals surface area contributed by atoms with Crippen LogP contribution < -0.4 is 5.32 Å². The number of oxime groups is 1. The van der Waals surface area contributed by atoms with Gasteiger partial charge in [0.2, 0.25) is 5.71 Å². The molecule has 110 valence electrons. The van der Waals surface area contributed by atoms with Gasteiger partial charge in [-0.2, -0.15) is 0 Å². The Morgan fingerprint density at radius 1 is 1.45 bits per heavy atom. The Hall–Kier alpha value is -2.16. The van der Waals surface area contributed by atoms with Gasteiger partial charge in [-0.3, -0.25) is 5.32 Å². The van der Waals surface area contributed by atoms with E-state index in [9.17, 15) is 9.59 Å². The van der Waals surface area contributed by atoms with Crippen LogP contribution in [-0.4, -0.2) is 40.6 Å². The van der Waals surface area contributed by atoms with Gasteiger partial charge < -0.3 is 14.7 Å². The fraction of sp³-hybridized carbons (Fsp3) is 0.455. The van der Waals surface area contributed by atoms with Crippen LogP contribution in [0.25, 0.3) is 0 Å². The molecule has 0 aliphatic rings. The maximum Gasteiger partial charge on any atom is 0.413 e. The summed E-state index contributed by atoms with van der Waals surface area (Å²) in [7, 11) is 1.23. The first-order chi connectivity index (χ1) is 9.23. The minimum Gasteiger partial charge on any atom is -0.476 e. The lowest BCUT2D eigenvalue weighted by molar-refractivity contribution is -0.129. The molecule has 9 heteroatoms. The molecule has 0 aromatic carbocycles. The van der Waals surface area contributed by atoms with Crippen molar-refractivity contribution in [2.45, 2.75) is 26.4 Å². The molecule has 20 heavy (non-hydrogen) atoms. The van der Waals surface area contributed by atoms with Crippen molar-refractivity contribution in [1.29, 1.82) is 0 Å². The third kappa shape index (κ3) is 4.84. The predicted molar refractivity (Wildman–Crippen MR) is 73.2 cm³/mol. The van der Waals surface area contributed by atoms with Crippen LogP contribution in [0, 0.1) is 0 Å². The normalized spacial score (nSPS) is 11.9. The summed E-state index contributed by atoms with van der Waals surface area (Å²) >= 11 is 1.05. The standard InChI is InChI=1S/C11H15N3O5S/c1-11(2,3)19-10(17)13-9-12-6(5-20-9)7(8(15)16)14-18-4/h5H,1-4H3,(H,15,16)(H,12,13,17). The molecule has 0 bridgehead atoms. The largest absolute Gasteiger partial charge is 0.476 e. The molecule has 0 spiro atoms. The van der Waals surface area contributed by atoms with Gasteiger partial charge in [-0.1, -0.05) is 5.16 Å². The molecule has 1 amide bonds. The quantitative estimate of drug-likeness (QED) is 0.649. The summed E-state index contributed by atoms with van der Waals surface area (Å²) in [5.41, 5.74) is -0.884. The lowest BCUT2D eigenvalue weighted by Crippen LogP contribution is -2.27. The third-order valence-electron chi connectivity index (χ3n) is 1.74.